The summed E-state index contributed by atoms with van der Waals surface area (Å²) < 4.78 is 30.0. The number of hydrazone groups is 1. The minimum atomic E-state index is -3.81. The van der Waals surface area contributed by atoms with Gasteiger partial charge in [-0.05, 0) is 35.9 Å². The molecule has 0 fully saturated rings. The predicted octanol–water partition coefficient (Wildman–Crippen LogP) is 2.62. The maximum absolute atomic E-state index is 12.2. The van der Waals surface area contributed by atoms with Gasteiger partial charge in [0.2, 0.25) is 10.0 Å². The lowest BCUT2D eigenvalue weighted by atomic mass is 10.2. The van der Waals surface area contributed by atoms with Gasteiger partial charge in [0, 0.05) is 0 Å². The zero-order valence-electron chi connectivity index (χ0n) is 14.9. The van der Waals surface area contributed by atoms with Crippen molar-refractivity contribution < 1.29 is 23.1 Å². The van der Waals surface area contributed by atoms with Crippen LogP contribution >= 0.6 is 23.2 Å². The smallest absolute Gasteiger partial charge is 0.260 e. The Morgan fingerprint density at radius 1 is 1.32 bits per heavy atom. The highest BCUT2D eigenvalue weighted by atomic mass is 35.5. The van der Waals surface area contributed by atoms with Crippen LogP contribution in [0.25, 0.3) is 0 Å². The van der Waals surface area contributed by atoms with Crippen molar-refractivity contribution in [1.82, 2.24) is 5.43 Å². The van der Waals surface area contributed by atoms with E-state index in [0.717, 1.165) is 10.6 Å². The van der Waals surface area contributed by atoms with Crippen molar-refractivity contribution in [2.45, 2.75) is 0 Å². The minimum Gasteiger partial charge on any atom is -0.504 e. The van der Waals surface area contributed by atoms with Crippen LogP contribution in [0.2, 0.25) is 10.0 Å². The number of nitrogens with one attached hydrogen (secondary N) is 1. The SMILES string of the molecule is COc1cc(C=NNC(=O)CN(c2cccc(Cl)c2Cl)S(C)(=O)=O)ccc1O. The van der Waals surface area contributed by atoms with Crippen LogP contribution in [-0.4, -0.2) is 45.6 Å². The lowest BCUT2D eigenvalue weighted by Crippen LogP contribution is -2.39. The van der Waals surface area contributed by atoms with Crippen LogP contribution < -0.4 is 14.5 Å². The fourth-order valence-electron chi connectivity index (χ4n) is 2.19. The molecule has 0 bridgehead atoms. The molecule has 0 saturated carbocycles. The lowest BCUT2D eigenvalue weighted by Gasteiger charge is -2.22. The third-order valence-corrected chi connectivity index (χ3v) is 5.43. The van der Waals surface area contributed by atoms with E-state index in [2.05, 4.69) is 10.5 Å². The van der Waals surface area contributed by atoms with Crippen LogP contribution in [0.15, 0.2) is 41.5 Å². The van der Waals surface area contributed by atoms with E-state index in [1.165, 1.54) is 43.7 Å². The van der Waals surface area contributed by atoms with Crippen molar-refractivity contribution in [3.63, 3.8) is 0 Å². The molecule has 2 rings (SSSR count). The van der Waals surface area contributed by atoms with Crippen molar-refractivity contribution in [2.24, 2.45) is 5.10 Å². The maximum Gasteiger partial charge on any atom is 0.260 e. The summed E-state index contributed by atoms with van der Waals surface area (Å²) in [5.74, 6) is -0.483. The van der Waals surface area contributed by atoms with Gasteiger partial charge in [0.05, 0.1) is 35.3 Å². The zero-order chi connectivity index (χ0) is 20.9. The lowest BCUT2D eigenvalue weighted by molar-refractivity contribution is -0.119. The van der Waals surface area contributed by atoms with Gasteiger partial charge in [-0.1, -0.05) is 29.3 Å². The Labute approximate surface area is 172 Å². The van der Waals surface area contributed by atoms with E-state index in [1.54, 1.807) is 6.07 Å². The molecule has 0 radical (unpaired) electrons. The van der Waals surface area contributed by atoms with Gasteiger partial charge in [-0.15, -0.1) is 0 Å². The molecule has 0 spiro atoms. The van der Waals surface area contributed by atoms with E-state index in [0.29, 0.717) is 5.56 Å². The summed E-state index contributed by atoms with van der Waals surface area (Å²) in [6, 6.07) is 8.95. The van der Waals surface area contributed by atoms with Gasteiger partial charge < -0.3 is 9.84 Å². The van der Waals surface area contributed by atoms with E-state index in [9.17, 15) is 18.3 Å². The first-order chi connectivity index (χ1) is 13.1. The second-order valence-electron chi connectivity index (χ2n) is 5.57. The van der Waals surface area contributed by atoms with Crippen LogP contribution in [0, 0.1) is 0 Å². The first-order valence-corrected chi connectivity index (χ1v) is 10.3. The monoisotopic (exact) mass is 445 g/mol. The Morgan fingerprint density at radius 3 is 2.68 bits per heavy atom. The number of anilines is 1. The van der Waals surface area contributed by atoms with Crippen LogP contribution in [0.3, 0.4) is 0 Å². The van der Waals surface area contributed by atoms with E-state index in [-0.39, 0.29) is 27.2 Å². The quantitative estimate of drug-likeness (QED) is 0.502. The van der Waals surface area contributed by atoms with Gasteiger partial charge >= 0.3 is 0 Å². The number of amides is 1. The molecular weight excluding hydrogens is 429 g/mol. The summed E-state index contributed by atoms with van der Waals surface area (Å²) in [6.07, 6.45) is 2.26. The molecule has 2 N–H and O–H groups in total. The standard InChI is InChI=1S/C17H17Cl2N3O5S/c1-27-15-8-11(6-7-14(15)23)9-20-21-16(24)10-22(28(2,25)26)13-5-3-4-12(18)17(13)19/h3-9,23H,10H2,1-2H3,(H,21,24). The summed E-state index contributed by atoms with van der Waals surface area (Å²) in [4.78, 5) is 12.2. The molecule has 0 atom stereocenters. The molecule has 2 aromatic rings. The Balaban J connectivity index is 2.13. The van der Waals surface area contributed by atoms with Crippen molar-refractivity contribution in [3.8, 4) is 11.5 Å². The highest BCUT2D eigenvalue weighted by molar-refractivity contribution is 7.92. The predicted molar refractivity (Wildman–Crippen MR) is 109 cm³/mol. The number of benzene rings is 2. The van der Waals surface area contributed by atoms with Crippen molar-refractivity contribution in [3.05, 3.63) is 52.0 Å². The molecule has 0 unspecified atom stereocenters. The third-order valence-electron chi connectivity index (χ3n) is 3.49. The molecule has 0 aliphatic rings. The largest absolute Gasteiger partial charge is 0.504 e. The highest BCUT2D eigenvalue weighted by Gasteiger charge is 2.23. The molecule has 1 amide bonds. The summed E-state index contributed by atoms with van der Waals surface area (Å²) in [5.41, 5.74) is 2.87. The van der Waals surface area contributed by atoms with E-state index in [4.69, 9.17) is 27.9 Å². The number of ether oxygens (including phenoxy) is 1. The number of hydrogen-bond donors (Lipinski definition) is 2. The summed E-state index contributed by atoms with van der Waals surface area (Å²) in [5, 5.41) is 13.5. The first-order valence-electron chi connectivity index (χ1n) is 7.74. The molecule has 2 aromatic carbocycles. The topological polar surface area (TPSA) is 108 Å². The van der Waals surface area contributed by atoms with Gasteiger partial charge in [-0.25, -0.2) is 13.8 Å². The Bertz CT molecular complexity index is 1010. The Kier molecular flexibility index (Phi) is 7.11. The first kappa shape index (κ1) is 21.8. The van der Waals surface area contributed by atoms with Gasteiger partial charge in [0.1, 0.15) is 6.54 Å². The van der Waals surface area contributed by atoms with Gasteiger partial charge in [0.15, 0.2) is 11.5 Å². The Morgan fingerprint density at radius 2 is 2.04 bits per heavy atom. The average molecular weight is 446 g/mol. The highest BCUT2D eigenvalue weighted by Crippen LogP contribution is 2.33. The number of hydrogen-bond acceptors (Lipinski definition) is 6. The number of sulfonamides is 1. The van der Waals surface area contributed by atoms with E-state index in [1.807, 2.05) is 0 Å². The second-order valence-corrected chi connectivity index (χ2v) is 8.26. The number of phenols is 1. The molecule has 0 aromatic heterocycles. The minimum absolute atomic E-state index is 0.0158. The second kappa shape index (κ2) is 9.13. The number of aromatic hydroxyl groups is 1. The number of carbonyl (C=O) groups is 1. The maximum atomic E-state index is 12.2. The zero-order valence-corrected chi connectivity index (χ0v) is 17.2. The fourth-order valence-corrected chi connectivity index (χ4v) is 3.49. The van der Waals surface area contributed by atoms with Gasteiger partial charge in [0.25, 0.3) is 5.91 Å². The number of carbonyl (C=O) groups excluding carboxylic acids is 1. The number of nitrogens with zero attached hydrogens (tertiary/aromatic N) is 2. The normalized spacial score (nSPS) is 11.4. The van der Waals surface area contributed by atoms with Crippen molar-refractivity contribution >= 4 is 51.0 Å². The number of halogens is 2. The number of methoxy groups -OCH3 is 1. The average Bonchev–Trinajstić information content (AvgIpc) is 2.63. The molecule has 0 saturated heterocycles. The molecule has 11 heteroatoms. The molecule has 0 heterocycles. The third kappa shape index (κ3) is 5.51. The van der Waals surface area contributed by atoms with E-state index >= 15 is 0 Å². The van der Waals surface area contributed by atoms with Crippen molar-refractivity contribution in [1.29, 1.82) is 0 Å². The molecule has 150 valence electrons. The van der Waals surface area contributed by atoms with Crippen LogP contribution in [0.1, 0.15) is 5.56 Å². The van der Waals surface area contributed by atoms with Crippen molar-refractivity contribution in [2.75, 3.05) is 24.2 Å². The van der Waals surface area contributed by atoms with Crippen LogP contribution in [-0.2, 0) is 14.8 Å². The fraction of sp³-hybridized carbons (Fsp3) is 0.176. The molecule has 0 aliphatic heterocycles. The molecular formula is C17H17Cl2N3O5S. The molecule has 0 aliphatic carbocycles. The Hall–Kier alpha value is -2.49. The molecule has 8 nitrogen and oxygen atoms in total. The molecule has 28 heavy (non-hydrogen) atoms. The van der Waals surface area contributed by atoms with Crippen LogP contribution in [0.5, 0.6) is 11.5 Å². The number of rotatable bonds is 7. The van der Waals surface area contributed by atoms with E-state index < -0.39 is 22.5 Å². The summed E-state index contributed by atoms with van der Waals surface area (Å²) in [7, 11) is -2.41. The summed E-state index contributed by atoms with van der Waals surface area (Å²) in [6.45, 7) is -0.546. The van der Waals surface area contributed by atoms with Gasteiger partial charge in [-0.2, -0.15) is 5.10 Å². The van der Waals surface area contributed by atoms with Crippen LogP contribution in [0.4, 0.5) is 5.69 Å². The van der Waals surface area contributed by atoms with Gasteiger partial charge in [-0.3, -0.25) is 9.10 Å². The summed E-state index contributed by atoms with van der Waals surface area (Å²) >= 11 is 12.0. The number of phenolic OH excluding ortho intramolecular Hbond substituents is 1.